The molecular weight excluding hydrogens is 436 g/mol. The Morgan fingerprint density at radius 2 is 2.00 bits per heavy atom. The quantitative estimate of drug-likeness (QED) is 0.568. The lowest BCUT2D eigenvalue weighted by atomic mass is 9.99. The number of fused-ring (bicyclic) bond motifs is 3. The van der Waals surface area contributed by atoms with Crippen molar-refractivity contribution in [1.82, 2.24) is 14.5 Å². The van der Waals surface area contributed by atoms with Crippen LogP contribution >= 0.6 is 11.6 Å². The van der Waals surface area contributed by atoms with Crippen LogP contribution in [0.1, 0.15) is 37.1 Å². The van der Waals surface area contributed by atoms with E-state index in [-0.39, 0.29) is 23.5 Å². The molecule has 6 rings (SSSR count). The Bertz CT molecular complexity index is 1340. The molecule has 2 fully saturated rings. The van der Waals surface area contributed by atoms with Crippen molar-refractivity contribution < 1.29 is 13.2 Å². The summed E-state index contributed by atoms with van der Waals surface area (Å²) in [5.74, 6) is 0.802. The molecule has 1 amide bonds. The van der Waals surface area contributed by atoms with Gasteiger partial charge in [0.05, 0.1) is 45.9 Å². The number of carbonyl (C=O) groups is 1. The van der Waals surface area contributed by atoms with E-state index in [1.165, 1.54) is 0 Å². The predicted octanol–water partition coefficient (Wildman–Crippen LogP) is 3.24. The van der Waals surface area contributed by atoms with E-state index in [0.717, 1.165) is 42.5 Å². The number of carbonyl (C=O) groups excluding carboxylic acids is 1. The highest BCUT2D eigenvalue weighted by Gasteiger charge is 2.59. The second-order valence-corrected chi connectivity index (χ2v) is 11.6. The maximum atomic E-state index is 13.3. The van der Waals surface area contributed by atoms with Gasteiger partial charge in [-0.2, -0.15) is 0 Å². The number of aromatic nitrogens is 3. The minimum Gasteiger partial charge on any atom is -0.325 e. The standard InChI is InChI=1S/C22H21ClN4O3S/c23-14-1-4-18-17(11-14)25-20(26(18)9-10-31(29,30)15-2-3-15)13-27-19-12-24-8-5-16(19)22(6-7-22)21(27)28/h1,4-5,8,11-12,15H,2-3,6-7,9-10,13H2. The highest BCUT2D eigenvalue weighted by molar-refractivity contribution is 7.92. The Labute approximate surface area is 185 Å². The largest absolute Gasteiger partial charge is 0.325 e. The minimum atomic E-state index is -3.12. The van der Waals surface area contributed by atoms with Gasteiger partial charge < -0.3 is 9.47 Å². The average Bonchev–Trinajstić information content (AvgIpc) is 3.65. The zero-order valence-corrected chi connectivity index (χ0v) is 18.4. The molecule has 0 radical (unpaired) electrons. The van der Waals surface area contributed by atoms with Crippen LogP contribution < -0.4 is 4.90 Å². The van der Waals surface area contributed by atoms with Crippen molar-refractivity contribution >= 4 is 44.1 Å². The minimum absolute atomic E-state index is 0.0643. The molecule has 0 bridgehead atoms. The second kappa shape index (κ2) is 6.53. The predicted molar refractivity (Wildman–Crippen MR) is 118 cm³/mol. The van der Waals surface area contributed by atoms with Crippen molar-refractivity contribution in [1.29, 1.82) is 0 Å². The lowest BCUT2D eigenvalue weighted by molar-refractivity contribution is -0.120. The van der Waals surface area contributed by atoms with Crippen LogP contribution in [0.5, 0.6) is 0 Å². The molecule has 1 aromatic carbocycles. The molecular formula is C22H21ClN4O3S. The number of hydrogen-bond donors (Lipinski definition) is 0. The Hall–Kier alpha value is -2.45. The van der Waals surface area contributed by atoms with Gasteiger partial charge >= 0.3 is 0 Å². The van der Waals surface area contributed by atoms with Gasteiger partial charge in [-0.25, -0.2) is 13.4 Å². The molecule has 0 N–H and O–H groups in total. The number of pyridine rings is 1. The SMILES string of the molecule is O=C1N(Cc2nc3cc(Cl)ccc3n2CCS(=O)(=O)C2CC2)c2cnccc2C12CC2. The Morgan fingerprint density at radius 3 is 2.74 bits per heavy atom. The van der Waals surface area contributed by atoms with Gasteiger partial charge in [-0.1, -0.05) is 11.6 Å². The molecule has 3 heterocycles. The first-order valence-electron chi connectivity index (χ1n) is 10.5. The third kappa shape index (κ3) is 2.99. The molecule has 0 unspecified atom stereocenters. The van der Waals surface area contributed by atoms with E-state index < -0.39 is 15.3 Å². The maximum Gasteiger partial charge on any atom is 0.238 e. The van der Waals surface area contributed by atoms with E-state index in [4.69, 9.17) is 16.6 Å². The maximum absolute atomic E-state index is 13.3. The van der Waals surface area contributed by atoms with Crippen molar-refractivity contribution in [2.45, 2.75) is 49.4 Å². The molecule has 2 saturated carbocycles. The summed E-state index contributed by atoms with van der Waals surface area (Å²) < 4.78 is 27.0. The van der Waals surface area contributed by atoms with Crippen LogP contribution in [0.4, 0.5) is 5.69 Å². The van der Waals surface area contributed by atoms with Crippen molar-refractivity contribution in [3.63, 3.8) is 0 Å². The molecule has 3 aromatic rings. The highest BCUT2D eigenvalue weighted by atomic mass is 35.5. The normalized spacial score (nSPS) is 19.4. The fourth-order valence-corrected chi connectivity index (χ4v) is 6.52. The van der Waals surface area contributed by atoms with Gasteiger partial charge in [-0.3, -0.25) is 9.78 Å². The highest BCUT2D eigenvalue weighted by Crippen LogP contribution is 2.57. The summed E-state index contributed by atoms with van der Waals surface area (Å²) in [6.45, 7) is 0.578. The van der Waals surface area contributed by atoms with Crippen LogP contribution in [0.25, 0.3) is 11.0 Å². The summed E-state index contributed by atoms with van der Waals surface area (Å²) in [5, 5.41) is 0.367. The van der Waals surface area contributed by atoms with E-state index in [9.17, 15) is 13.2 Å². The van der Waals surface area contributed by atoms with Gasteiger partial charge in [-0.05, 0) is 55.5 Å². The first-order chi connectivity index (χ1) is 14.9. The molecule has 1 spiro atoms. The first-order valence-corrected chi connectivity index (χ1v) is 12.6. The van der Waals surface area contributed by atoms with Gasteiger partial charge in [0.1, 0.15) is 5.82 Å². The second-order valence-electron chi connectivity index (χ2n) is 8.75. The summed E-state index contributed by atoms with van der Waals surface area (Å²) >= 11 is 6.17. The molecule has 160 valence electrons. The molecule has 2 aliphatic carbocycles. The molecule has 31 heavy (non-hydrogen) atoms. The van der Waals surface area contributed by atoms with Gasteiger partial charge in [0.15, 0.2) is 9.84 Å². The van der Waals surface area contributed by atoms with Gasteiger partial charge in [-0.15, -0.1) is 0 Å². The van der Waals surface area contributed by atoms with Gasteiger partial charge in [0.25, 0.3) is 0 Å². The van der Waals surface area contributed by atoms with Gasteiger partial charge in [0.2, 0.25) is 5.91 Å². The van der Waals surface area contributed by atoms with E-state index in [1.54, 1.807) is 29.4 Å². The van der Waals surface area contributed by atoms with Crippen LogP contribution in [0.3, 0.4) is 0 Å². The summed E-state index contributed by atoms with van der Waals surface area (Å²) in [7, 11) is -3.12. The molecule has 1 aliphatic heterocycles. The first kappa shape index (κ1) is 19.3. The number of benzene rings is 1. The number of sulfone groups is 1. The number of amides is 1. The summed E-state index contributed by atoms with van der Waals surface area (Å²) in [5.41, 5.74) is 2.98. The third-order valence-corrected chi connectivity index (χ3v) is 9.21. The number of anilines is 1. The Morgan fingerprint density at radius 1 is 1.19 bits per heavy atom. The molecule has 9 heteroatoms. The smallest absolute Gasteiger partial charge is 0.238 e. The van der Waals surface area contributed by atoms with E-state index in [0.29, 0.717) is 22.9 Å². The molecule has 0 atom stereocenters. The van der Waals surface area contributed by atoms with Gasteiger partial charge in [0, 0.05) is 17.8 Å². The summed E-state index contributed by atoms with van der Waals surface area (Å²) in [6, 6.07) is 7.35. The lowest BCUT2D eigenvalue weighted by Gasteiger charge is -2.18. The van der Waals surface area contributed by atoms with Crippen molar-refractivity contribution in [3.8, 4) is 0 Å². The number of imidazole rings is 1. The van der Waals surface area contributed by atoms with Crippen molar-refractivity contribution in [3.05, 3.63) is 53.1 Å². The molecule has 0 saturated heterocycles. The van der Waals surface area contributed by atoms with Crippen LogP contribution in [0.15, 0.2) is 36.7 Å². The monoisotopic (exact) mass is 456 g/mol. The zero-order valence-electron chi connectivity index (χ0n) is 16.8. The zero-order chi connectivity index (χ0) is 21.4. The van der Waals surface area contributed by atoms with Crippen LogP contribution in [0.2, 0.25) is 5.02 Å². The lowest BCUT2D eigenvalue weighted by Crippen LogP contribution is -2.33. The number of aryl methyl sites for hydroxylation is 1. The fraction of sp³-hybridized carbons (Fsp3) is 0.409. The Balaban J connectivity index is 1.39. The average molecular weight is 457 g/mol. The summed E-state index contributed by atoms with van der Waals surface area (Å²) in [6.07, 6.45) is 6.68. The fourth-order valence-electron chi connectivity index (χ4n) is 4.73. The van der Waals surface area contributed by atoms with Crippen LogP contribution in [0, 0.1) is 0 Å². The molecule has 7 nitrogen and oxygen atoms in total. The number of nitrogens with zero attached hydrogens (tertiary/aromatic N) is 4. The Kier molecular flexibility index (Phi) is 4.05. The topological polar surface area (TPSA) is 85.2 Å². The molecule has 2 aromatic heterocycles. The van der Waals surface area contributed by atoms with E-state index in [1.807, 2.05) is 16.7 Å². The van der Waals surface area contributed by atoms with Crippen LogP contribution in [-0.4, -0.2) is 39.9 Å². The summed E-state index contributed by atoms with van der Waals surface area (Å²) in [4.78, 5) is 24.0. The van der Waals surface area contributed by atoms with Crippen molar-refractivity contribution in [2.75, 3.05) is 10.7 Å². The molecule has 3 aliphatic rings. The number of hydrogen-bond acceptors (Lipinski definition) is 5. The third-order valence-electron chi connectivity index (χ3n) is 6.73. The van der Waals surface area contributed by atoms with E-state index >= 15 is 0 Å². The van der Waals surface area contributed by atoms with Crippen LogP contribution in [-0.2, 0) is 33.1 Å². The van der Waals surface area contributed by atoms with Crippen molar-refractivity contribution in [2.24, 2.45) is 0 Å². The number of rotatable bonds is 6. The van der Waals surface area contributed by atoms with E-state index in [2.05, 4.69) is 4.98 Å². The number of halogens is 1.